The summed E-state index contributed by atoms with van der Waals surface area (Å²) in [6, 6.07) is 13.5. The van der Waals surface area contributed by atoms with Crippen molar-refractivity contribution in [2.75, 3.05) is 43.4 Å². The molecule has 0 bridgehead atoms. The topological polar surface area (TPSA) is 64.3 Å². The van der Waals surface area contributed by atoms with Gasteiger partial charge in [-0.05, 0) is 49.5 Å². The third-order valence-electron chi connectivity index (χ3n) is 4.68. The third kappa shape index (κ3) is 3.34. The van der Waals surface area contributed by atoms with Crippen LogP contribution in [0.2, 0.25) is 0 Å². The number of amides is 1. The summed E-state index contributed by atoms with van der Waals surface area (Å²) in [6.45, 7) is 4.22. The molecular weight excluding hydrogens is 314 g/mol. The van der Waals surface area contributed by atoms with Crippen LogP contribution in [0.4, 0.5) is 11.4 Å². The van der Waals surface area contributed by atoms with E-state index in [0.29, 0.717) is 5.56 Å². The zero-order valence-corrected chi connectivity index (χ0v) is 14.2. The number of anilines is 2. The van der Waals surface area contributed by atoms with Gasteiger partial charge in [-0.15, -0.1) is 0 Å². The number of aromatic amines is 1. The number of carbonyl (C=O) groups excluding carboxylic acids is 1. The van der Waals surface area contributed by atoms with Crippen molar-refractivity contribution < 1.29 is 4.79 Å². The minimum absolute atomic E-state index is 0.121. The van der Waals surface area contributed by atoms with Crippen LogP contribution in [0.15, 0.2) is 48.8 Å². The molecule has 1 saturated heterocycles. The van der Waals surface area contributed by atoms with Crippen molar-refractivity contribution in [1.82, 2.24) is 14.9 Å². The number of hydrogen-bond donors (Lipinski definition) is 2. The second kappa shape index (κ2) is 6.57. The van der Waals surface area contributed by atoms with Crippen LogP contribution in [0.25, 0.3) is 11.0 Å². The molecular formula is C19H21N5O. The second-order valence-electron chi connectivity index (χ2n) is 6.43. The van der Waals surface area contributed by atoms with Gasteiger partial charge in [0, 0.05) is 43.1 Å². The van der Waals surface area contributed by atoms with Gasteiger partial charge in [0.05, 0.1) is 17.4 Å². The van der Waals surface area contributed by atoms with Crippen LogP contribution in [-0.4, -0.2) is 54.0 Å². The molecule has 6 nitrogen and oxygen atoms in total. The predicted octanol–water partition coefficient (Wildman–Crippen LogP) is 2.57. The number of benzene rings is 2. The van der Waals surface area contributed by atoms with Crippen molar-refractivity contribution >= 4 is 28.3 Å². The number of likely N-dealkylation sites (N-methyl/N-ethyl adjacent to an activating group) is 1. The van der Waals surface area contributed by atoms with Crippen molar-refractivity contribution in [2.45, 2.75) is 0 Å². The predicted molar refractivity (Wildman–Crippen MR) is 100 cm³/mol. The molecule has 1 amide bonds. The molecule has 0 saturated carbocycles. The van der Waals surface area contributed by atoms with Crippen molar-refractivity contribution in [3.05, 3.63) is 54.4 Å². The quantitative estimate of drug-likeness (QED) is 0.772. The number of nitrogens with zero attached hydrogens (tertiary/aromatic N) is 3. The van der Waals surface area contributed by atoms with Crippen LogP contribution >= 0.6 is 0 Å². The maximum Gasteiger partial charge on any atom is 0.255 e. The van der Waals surface area contributed by atoms with E-state index in [1.807, 2.05) is 24.3 Å². The molecule has 0 aliphatic carbocycles. The Morgan fingerprint density at radius 2 is 1.84 bits per heavy atom. The average Bonchev–Trinajstić information content (AvgIpc) is 3.11. The molecule has 25 heavy (non-hydrogen) atoms. The monoisotopic (exact) mass is 335 g/mol. The summed E-state index contributed by atoms with van der Waals surface area (Å²) in [5.74, 6) is -0.121. The van der Waals surface area contributed by atoms with Gasteiger partial charge >= 0.3 is 0 Å². The standard InChI is InChI=1S/C19H21N5O/c1-23-8-10-24(11-9-23)16-5-3-15(4-6-16)22-19(25)14-2-7-17-18(12-14)21-13-20-17/h2-7,12-13H,8-11H2,1H3,(H,20,21)(H,22,25). The van der Waals surface area contributed by atoms with E-state index in [9.17, 15) is 4.79 Å². The van der Waals surface area contributed by atoms with Gasteiger partial charge in [-0.2, -0.15) is 0 Å². The Kier molecular flexibility index (Phi) is 4.11. The Balaban J connectivity index is 1.44. The van der Waals surface area contributed by atoms with Gasteiger partial charge in [0.25, 0.3) is 5.91 Å². The number of fused-ring (bicyclic) bond motifs is 1. The van der Waals surface area contributed by atoms with E-state index < -0.39 is 0 Å². The molecule has 0 radical (unpaired) electrons. The number of imidazole rings is 1. The zero-order chi connectivity index (χ0) is 17.2. The highest BCUT2D eigenvalue weighted by molar-refractivity contribution is 6.05. The maximum atomic E-state index is 12.4. The normalized spacial score (nSPS) is 15.5. The van der Waals surface area contributed by atoms with Gasteiger partial charge in [-0.1, -0.05) is 0 Å². The summed E-state index contributed by atoms with van der Waals surface area (Å²) in [4.78, 5) is 24.3. The van der Waals surface area contributed by atoms with Crippen LogP contribution < -0.4 is 10.2 Å². The van der Waals surface area contributed by atoms with Crippen LogP contribution in [-0.2, 0) is 0 Å². The SMILES string of the molecule is CN1CCN(c2ccc(NC(=O)c3ccc4nc[nH]c4c3)cc2)CC1. The number of H-pyrrole nitrogens is 1. The van der Waals surface area contributed by atoms with Crippen LogP contribution in [0.3, 0.4) is 0 Å². The Labute approximate surface area is 146 Å². The Morgan fingerprint density at radius 1 is 1.08 bits per heavy atom. The molecule has 1 aliphatic heterocycles. The lowest BCUT2D eigenvalue weighted by Gasteiger charge is -2.34. The summed E-state index contributed by atoms with van der Waals surface area (Å²) < 4.78 is 0. The smallest absolute Gasteiger partial charge is 0.255 e. The zero-order valence-electron chi connectivity index (χ0n) is 14.2. The summed E-state index contributed by atoms with van der Waals surface area (Å²) in [5.41, 5.74) is 4.32. The molecule has 3 aromatic rings. The van der Waals surface area contributed by atoms with Crippen molar-refractivity contribution in [3.63, 3.8) is 0 Å². The highest BCUT2D eigenvalue weighted by Crippen LogP contribution is 2.20. The molecule has 2 aromatic carbocycles. The van der Waals surface area contributed by atoms with Crippen molar-refractivity contribution in [2.24, 2.45) is 0 Å². The van der Waals surface area contributed by atoms with Crippen LogP contribution in [0.5, 0.6) is 0 Å². The number of piperazine rings is 1. The summed E-state index contributed by atoms with van der Waals surface area (Å²) in [7, 11) is 2.15. The molecule has 1 aliphatic rings. The summed E-state index contributed by atoms with van der Waals surface area (Å²) in [6.07, 6.45) is 1.63. The van der Waals surface area contributed by atoms with Crippen molar-refractivity contribution in [1.29, 1.82) is 0 Å². The lowest BCUT2D eigenvalue weighted by Crippen LogP contribution is -2.44. The first-order valence-corrected chi connectivity index (χ1v) is 8.47. The van der Waals surface area contributed by atoms with E-state index in [2.05, 4.69) is 44.3 Å². The van der Waals surface area contributed by atoms with Crippen LogP contribution in [0, 0.1) is 0 Å². The fourth-order valence-corrected chi connectivity index (χ4v) is 3.10. The van der Waals surface area contributed by atoms with Crippen molar-refractivity contribution in [3.8, 4) is 0 Å². The van der Waals surface area contributed by atoms with Gasteiger partial charge in [0.1, 0.15) is 0 Å². The minimum atomic E-state index is -0.121. The van der Waals surface area contributed by atoms with Gasteiger partial charge in [-0.3, -0.25) is 4.79 Å². The van der Waals surface area contributed by atoms with E-state index in [-0.39, 0.29) is 5.91 Å². The first kappa shape index (κ1) is 15.7. The number of nitrogens with one attached hydrogen (secondary N) is 2. The number of carbonyl (C=O) groups is 1. The fraction of sp³-hybridized carbons (Fsp3) is 0.263. The molecule has 2 heterocycles. The Bertz CT molecular complexity index is 878. The largest absolute Gasteiger partial charge is 0.369 e. The summed E-state index contributed by atoms with van der Waals surface area (Å²) in [5, 5.41) is 2.95. The first-order chi connectivity index (χ1) is 12.2. The van der Waals surface area contributed by atoms with Gasteiger partial charge in [0.15, 0.2) is 0 Å². The highest BCUT2D eigenvalue weighted by atomic mass is 16.1. The maximum absolute atomic E-state index is 12.4. The molecule has 0 atom stereocenters. The Hall–Kier alpha value is -2.86. The van der Waals surface area contributed by atoms with Gasteiger partial charge in [0.2, 0.25) is 0 Å². The molecule has 1 fully saturated rings. The van der Waals surface area contributed by atoms with Crippen LogP contribution in [0.1, 0.15) is 10.4 Å². The van der Waals surface area contributed by atoms with E-state index in [0.717, 1.165) is 42.9 Å². The molecule has 4 rings (SSSR count). The molecule has 128 valence electrons. The fourth-order valence-electron chi connectivity index (χ4n) is 3.10. The van der Waals surface area contributed by atoms with Gasteiger partial charge in [-0.25, -0.2) is 4.98 Å². The highest BCUT2D eigenvalue weighted by Gasteiger charge is 2.14. The number of aromatic nitrogens is 2. The Morgan fingerprint density at radius 3 is 2.60 bits per heavy atom. The number of rotatable bonds is 3. The number of hydrogen-bond acceptors (Lipinski definition) is 4. The molecule has 0 spiro atoms. The molecule has 1 aromatic heterocycles. The van der Waals surface area contributed by atoms with Gasteiger partial charge < -0.3 is 20.1 Å². The molecule has 0 unspecified atom stereocenters. The third-order valence-corrected chi connectivity index (χ3v) is 4.68. The second-order valence-corrected chi connectivity index (χ2v) is 6.43. The van der Waals surface area contributed by atoms with E-state index in [1.54, 1.807) is 12.4 Å². The first-order valence-electron chi connectivity index (χ1n) is 8.47. The van der Waals surface area contributed by atoms with E-state index in [1.165, 1.54) is 5.69 Å². The van der Waals surface area contributed by atoms with E-state index >= 15 is 0 Å². The average molecular weight is 335 g/mol. The minimum Gasteiger partial charge on any atom is -0.369 e. The lowest BCUT2D eigenvalue weighted by atomic mass is 10.1. The lowest BCUT2D eigenvalue weighted by molar-refractivity contribution is 0.102. The summed E-state index contributed by atoms with van der Waals surface area (Å²) >= 11 is 0. The molecule has 6 heteroatoms. The molecule has 2 N–H and O–H groups in total. The van der Waals surface area contributed by atoms with E-state index in [4.69, 9.17) is 0 Å².